The van der Waals surface area contributed by atoms with Gasteiger partial charge in [0.1, 0.15) is 0 Å². The van der Waals surface area contributed by atoms with Gasteiger partial charge in [0.15, 0.2) is 0 Å². The minimum Gasteiger partial charge on any atom is -0.355 e. The highest BCUT2D eigenvalue weighted by molar-refractivity contribution is 7.09. The molecule has 136 valence electrons. The molecule has 3 N–H and O–H groups in total. The number of amides is 2. The van der Waals surface area contributed by atoms with Crippen LogP contribution < -0.4 is 11.1 Å². The number of nitrogens with two attached hydrogens (primary N) is 1. The van der Waals surface area contributed by atoms with Crippen LogP contribution in [0.4, 0.5) is 0 Å². The van der Waals surface area contributed by atoms with Crippen LogP contribution in [0.3, 0.4) is 0 Å². The Morgan fingerprint density at radius 1 is 1.38 bits per heavy atom. The van der Waals surface area contributed by atoms with Crippen LogP contribution in [-0.2, 0) is 16.0 Å². The molecule has 0 radical (unpaired) electrons. The van der Waals surface area contributed by atoms with Crippen molar-refractivity contribution in [3.05, 3.63) is 22.4 Å². The summed E-state index contributed by atoms with van der Waals surface area (Å²) < 4.78 is 0. The topological polar surface area (TPSA) is 75.4 Å². The molecular formula is C17H28ClN3O2S. The van der Waals surface area contributed by atoms with Crippen LogP contribution in [0, 0.1) is 11.8 Å². The van der Waals surface area contributed by atoms with Crippen molar-refractivity contribution in [2.75, 3.05) is 19.6 Å². The van der Waals surface area contributed by atoms with E-state index in [0.29, 0.717) is 19.6 Å². The molecule has 2 rings (SSSR count). The lowest BCUT2D eigenvalue weighted by atomic mass is 9.94. The number of thiophene rings is 1. The molecule has 5 nitrogen and oxygen atoms in total. The molecule has 1 aromatic heterocycles. The summed E-state index contributed by atoms with van der Waals surface area (Å²) in [5.41, 5.74) is 5.93. The minimum absolute atomic E-state index is 0. The number of hydrogen-bond donors (Lipinski definition) is 2. The molecule has 1 aromatic rings. The second-order valence-electron chi connectivity index (χ2n) is 6.49. The molecule has 2 heterocycles. The first-order chi connectivity index (χ1) is 11.0. The first kappa shape index (κ1) is 20.9. The van der Waals surface area contributed by atoms with Crippen molar-refractivity contribution in [1.29, 1.82) is 0 Å². The van der Waals surface area contributed by atoms with E-state index in [1.165, 1.54) is 4.88 Å². The van der Waals surface area contributed by atoms with Crippen molar-refractivity contribution in [3.8, 4) is 0 Å². The summed E-state index contributed by atoms with van der Waals surface area (Å²) >= 11 is 1.71. The van der Waals surface area contributed by atoms with Crippen LogP contribution in [0.5, 0.6) is 0 Å². The van der Waals surface area contributed by atoms with E-state index in [9.17, 15) is 9.59 Å². The maximum Gasteiger partial charge on any atom is 0.239 e. The first-order valence-corrected chi connectivity index (χ1v) is 9.21. The molecule has 1 aliphatic rings. The second-order valence-corrected chi connectivity index (χ2v) is 7.52. The number of hydrogen-bond acceptors (Lipinski definition) is 4. The van der Waals surface area contributed by atoms with Gasteiger partial charge >= 0.3 is 0 Å². The summed E-state index contributed by atoms with van der Waals surface area (Å²) in [6, 6.07) is 3.67. The van der Waals surface area contributed by atoms with E-state index in [1.807, 2.05) is 25.3 Å². The fourth-order valence-corrected chi connectivity index (χ4v) is 3.48. The molecule has 0 aliphatic carbocycles. The summed E-state index contributed by atoms with van der Waals surface area (Å²) in [6.07, 6.45) is 2.33. The van der Waals surface area contributed by atoms with E-state index in [-0.39, 0.29) is 36.1 Å². The number of rotatable bonds is 6. The van der Waals surface area contributed by atoms with Crippen LogP contribution in [0.2, 0.25) is 0 Å². The smallest absolute Gasteiger partial charge is 0.239 e. The molecule has 24 heavy (non-hydrogen) atoms. The number of piperidine rings is 1. The van der Waals surface area contributed by atoms with Crippen molar-refractivity contribution in [2.45, 2.75) is 39.2 Å². The summed E-state index contributed by atoms with van der Waals surface area (Å²) in [5, 5.41) is 5.06. The van der Waals surface area contributed by atoms with Gasteiger partial charge in [-0.2, -0.15) is 0 Å². The summed E-state index contributed by atoms with van der Waals surface area (Å²) in [7, 11) is 0. The van der Waals surface area contributed by atoms with Gasteiger partial charge in [-0.15, -0.1) is 23.7 Å². The van der Waals surface area contributed by atoms with Crippen LogP contribution in [0.15, 0.2) is 17.5 Å². The van der Waals surface area contributed by atoms with E-state index in [0.717, 1.165) is 19.3 Å². The highest BCUT2D eigenvalue weighted by Gasteiger charge is 2.30. The van der Waals surface area contributed by atoms with Gasteiger partial charge in [-0.3, -0.25) is 9.59 Å². The molecule has 0 saturated carbocycles. The van der Waals surface area contributed by atoms with Crippen LogP contribution in [0.25, 0.3) is 0 Å². The van der Waals surface area contributed by atoms with Gasteiger partial charge in [0.2, 0.25) is 11.8 Å². The third kappa shape index (κ3) is 5.76. The maximum absolute atomic E-state index is 12.2. The predicted molar refractivity (Wildman–Crippen MR) is 100 cm³/mol. The zero-order valence-corrected chi connectivity index (χ0v) is 16.0. The number of likely N-dealkylation sites (tertiary alicyclic amines) is 1. The van der Waals surface area contributed by atoms with Crippen LogP contribution in [0.1, 0.15) is 31.6 Å². The summed E-state index contributed by atoms with van der Waals surface area (Å²) in [5.74, 6) is 0.275. The van der Waals surface area contributed by atoms with E-state index in [4.69, 9.17) is 5.73 Å². The lowest BCUT2D eigenvalue weighted by molar-refractivity contribution is -0.137. The van der Waals surface area contributed by atoms with E-state index in [2.05, 4.69) is 11.4 Å². The largest absolute Gasteiger partial charge is 0.355 e. The predicted octanol–water partition coefficient (Wildman–Crippen LogP) is 2.05. The number of nitrogens with one attached hydrogen (secondary N) is 1. The van der Waals surface area contributed by atoms with Crippen LogP contribution in [-0.4, -0.2) is 42.4 Å². The van der Waals surface area contributed by atoms with Gasteiger partial charge in [0.25, 0.3) is 0 Å². The third-order valence-electron chi connectivity index (χ3n) is 4.43. The fourth-order valence-electron chi connectivity index (χ4n) is 2.77. The van der Waals surface area contributed by atoms with Crippen molar-refractivity contribution < 1.29 is 9.59 Å². The van der Waals surface area contributed by atoms with Crippen molar-refractivity contribution >= 4 is 35.6 Å². The number of carbonyl (C=O) groups excluding carboxylic acids is 2. The van der Waals surface area contributed by atoms with Gasteiger partial charge in [-0.05, 0) is 36.6 Å². The Labute approximate surface area is 154 Å². The van der Waals surface area contributed by atoms with E-state index < -0.39 is 6.04 Å². The Bertz CT molecular complexity index is 514. The van der Waals surface area contributed by atoms with Gasteiger partial charge in [-0.1, -0.05) is 19.9 Å². The Hall–Kier alpha value is -1.11. The minimum atomic E-state index is -0.439. The quantitative estimate of drug-likeness (QED) is 0.801. The molecule has 1 fully saturated rings. The Balaban J connectivity index is 0.00000288. The average Bonchev–Trinajstić information content (AvgIpc) is 3.06. The average molecular weight is 374 g/mol. The van der Waals surface area contributed by atoms with Gasteiger partial charge in [0.05, 0.1) is 6.04 Å². The Kier molecular flexibility index (Phi) is 8.73. The summed E-state index contributed by atoms with van der Waals surface area (Å²) in [6.45, 7) is 5.84. The molecule has 0 bridgehead atoms. The van der Waals surface area contributed by atoms with Crippen molar-refractivity contribution in [3.63, 3.8) is 0 Å². The highest BCUT2D eigenvalue weighted by atomic mass is 35.5. The molecule has 0 unspecified atom stereocenters. The van der Waals surface area contributed by atoms with Crippen molar-refractivity contribution in [2.24, 2.45) is 17.6 Å². The Morgan fingerprint density at radius 3 is 2.58 bits per heavy atom. The molecule has 1 saturated heterocycles. The lowest BCUT2D eigenvalue weighted by Crippen LogP contribution is -2.50. The monoisotopic (exact) mass is 373 g/mol. The summed E-state index contributed by atoms with van der Waals surface area (Å²) in [4.78, 5) is 27.5. The van der Waals surface area contributed by atoms with Crippen LogP contribution >= 0.6 is 23.7 Å². The van der Waals surface area contributed by atoms with Gasteiger partial charge in [0, 0.05) is 30.4 Å². The van der Waals surface area contributed by atoms with Gasteiger partial charge < -0.3 is 16.0 Å². The van der Waals surface area contributed by atoms with E-state index >= 15 is 0 Å². The molecule has 2 amide bonds. The molecule has 0 spiro atoms. The first-order valence-electron chi connectivity index (χ1n) is 8.33. The number of carbonyl (C=O) groups is 2. The molecule has 1 aliphatic heterocycles. The Morgan fingerprint density at radius 2 is 2.04 bits per heavy atom. The number of halogens is 1. The molecule has 1 atom stereocenters. The molecular weight excluding hydrogens is 346 g/mol. The zero-order valence-electron chi connectivity index (χ0n) is 14.4. The highest BCUT2D eigenvalue weighted by Crippen LogP contribution is 2.19. The second kappa shape index (κ2) is 10.0. The molecule has 0 aromatic carbocycles. The standard InChI is InChI=1S/C17H27N3O2S.ClH/c1-12(2)15(18)17(22)20-9-6-13(7-10-20)16(21)19-8-5-14-4-3-11-23-14;/h3-4,11-13,15H,5-10,18H2,1-2H3,(H,19,21);1H/t15-;/m0./s1. The lowest BCUT2D eigenvalue weighted by Gasteiger charge is -2.33. The van der Waals surface area contributed by atoms with E-state index in [1.54, 1.807) is 16.2 Å². The molecule has 7 heteroatoms. The fraction of sp³-hybridized carbons (Fsp3) is 0.647. The SMILES string of the molecule is CC(C)[C@H](N)C(=O)N1CCC(C(=O)NCCc2cccs2)CC1.Cl. The van der Waals surface area contributed by atoms with Crippen molar-refractivity contribution in [1.82, 2.24) is 10.2 Å². The maximum atomic E-state index is 12.2. The number of nitrogens with zero attached hydrogens (tertiary/aromatic N) is 1. The zero-order chi connectivity index (χ0) is 16.8. The van der Waals surface area contributed by atoms with Gasteiger partial charge in [-0.25, -0.2) is 0 Å². The third-order valence-corrected chi connectivity index (χ3v) is 5.37. The normalized spacial score (nSPS) is 16.6.